The van der Waals surface area contributed by atoms with Crippen molar-refractivity contribution in [2.75, 3.05) is 5.32 Å². The highest BCUT2D eigenvalue weighted by Gasteiger charge is 2.15. The third-order valence-corrected chi connectivity index (χ3v) is 3.04. The van der Waals surface area contributed by atoms with Gasteiger partial charge in [-0.05, 0) is 29.7 Å². The fourth-order valence-corrected chi connectivity index (χ4v) is 1.90. The lowest BCUT2D eigenvalue weighted by atomic mass is 10.1. The van der Waals surface area contributed by atoms with E-state index in [1.807, 2.05) is 54.6 Å². The van der Waals surface area contributed by atoms with Crippen LogP contribution < -0.4 is 11.1 Å². The van der Waals surface area contributed by atoms with E-state index in [0.717, 1.165) is 17.7 Å². The van der Waals surface area contributed by atoms with Gasteiger partial charge in [0.2, 0.25) is 5.91 Å². The average molecular weight is 254 g/mol. The van der Waals surface area contributed by atoms with E-state index in [1.165, 1.54) is 5.56 Å². The molecule has 0 aliphatic rings. The minimum absolute atomic E-state index is 0.195. The second-order valence-corrected chi connectivity index (χ2v) is 4.43. The molecule has 0 fully saturated rings. The molecule has 0 saturated carbocycles. The van der Waals surface area contributed by atoms with Crippen LogP contribution in [-0.2, 0) is 11.2 Å². The van der Waals surface area contributed by atoms with E-state index in [-0.39, 0.29) is 5.91 Å². The topological polar surface area (TPSA) is 55.1 Å². The summed E-state index contributed by atoms with van der Waals surface area (Å²) in [4.78, 5) is 12.1. The van der Waals surface area contributed by atoms with Crippen LogP contribution in [0.1, 0.15) is 24.1 Å². The number of carbonyl (C=O) groups is 1. The molecule has 0 aromatic heterocycles. The Bertz CT molecular complexity index is 552. The van der Waals surface area contributed by atoms with Gasteiger partial charge in [-0.2, -0.15) is 0 Å². The van der Waals surface area contributed by atoms with Crippen LogP contribution in [0, 0.1) is 0 Å². The van der Waals surface area contributed by atoms with Gasteiger partial charge in [0.05, 0.1) is 0 Å². The first-order valence-electron chi connectivity index (χ1n) is 6.41. The molecule has 3 heteroatoms. The zero-order valence-electron chi connectivity index (χ0n) is 11.0. The van der Waals surface area contributed by atoms with Crippen LogP contribution in [0.3, 0.4) is 0 Å². The molecule has 0 aliphatic heterocycles. The third-order valence-electron chi connectivity index (χ3n) is 3.04. The highest BCUT2D eigenvalue weighted by atomic mass is 16.2. The lowest BCUT2D eigenvalue weighted by molar-refractivity contribution is -0.117. The summed E-state index contributed by atoms with van der Waals surface area (Å²) in [7, 11) is 0. The molecule has 3 N–H and O–H groups in total. The van der Waals surface area contributed by atoms with E-state index in [9.17, 15) is 4.79 Å². The van der Waals surface area contributed by atoms with Crippen LogP contribution >= 0.6 is 0 Å². The summed E-state index contributed by atoms with van der Waals surface area (Å²) in [5.41, 5.74) is 8.73. The minimum atomic E-state index is -0.647. The maximum absolute atomic E-state index is 12.1. The number of carbonyl (C=O) groups excluding carboxylic acids is 1. The molecule has 2 rings (SSSR count). The lowest BCUT2D eigenvalue weighted by Gasteiger charge is -2.13. The smallest absolute Gasteiger partial charge is 0.245 e. The SMILES string of the molecule is CCc1cccc(NC(=O)[C@@H](N)c2ccccc2)c1. The third kappa shape index (κ3) is 3.42. The van der Waals surface area contributed by atoms with Gasteiger partial charge in [0.25, 0.3) is 0 Å². The van der Waals surface area contributed by atoms with E-state index < -0.39 is 6.04 Å². The number of nitrogens with one attached hydrogen (secondary N) is 1. The Hall–Kier alpha value is -2.13. The first kappa shape index (κ1) is 13.3. The fraction of sp³-hybridized carbons (Fsp3) is 0.188. The molecule has 3 nitrogen and oxygen atoms in total. The summed E-state index contributed by atoms with van der Waals surface area (Å²) in [5.74, 6) is -0.195. The first-order valence-corrected chi connectivity index (χ1v) is 6.41. The zero-order chi connectivity index (χ0) is 13.7. The number of rotatable bonds is 4. The molecule has 0 aliphatic carbocycles. The van der Waals surface area contributed by atoms with Crippen molar-refractivity contribution in [2.24, 2.45) is 5.73 Å². The Balaban J connectivity index is 2.08. The molecule has 1 amide bonds. The predicted molar refractivity (Wildman–Crippen MR) is 77.8 cm³/mol. The predicted octanol–water partition coefficient (Wildman–Crippen LogP) is 2.89. The molecule has 0 unspecified atom stereocenters. The van der Waals surface area contributed by atoms with Crippen LogP contribution in [0.15, 0.2) is 54.6 Å². The van der Waals surface area contributed by atoms with Crippen LogP contribution in [-0.4, -0.2) is 5.91 Å². The summed E-state index contributed by atoms with van der Waals surface area (Å²) in [6.45, 7) is 2.08. The van der Waals surface area contributed by atoms with E-state index >= 15 is 0 Å². The lowest BCUT2D eigenvalue weighted by Crippen LogP contribution is -2.27. The van der Waals surface area contributed by atoms with Crippen molar-refractivity contribution in [3.05, 3.63) is 65.7 Å². The van der Waals surface area contributed by atoms with Crippen molar-refractivity contribution in [3.8, 4) is 0 Å². The van der Waals surface area contributed by atoms with Crippen molar-refractivity contribution in [1.82, 2.24) is 0 Å². The van der Waals surface area contributed by atoms with Gasteiger partial charge in [0.1, 0.15) is 6.04 Å². The van der Waals surface area contributed by atoms with Gasteiger partial charge in [-0.25, -0.2) is 0 Å². The van der Waals surface area contributed by atoms with Crippen molar-refractivity contribution in [2.45, 2.75) is 19.4 Å². The molecular weight excluding hydrogens is 236 g/mol. The molecule has 98 valence electrons. The number of hydrogen-bond donors (Lipinski definition) is 2. The first-order chi connectivity index (χ1) is 9.20. The Labute approximate surface area is 113 Å². The Morgan fingerprint density at radius 2 is 1.89 bits per heavy atom. The zero-order valence-corrected chi connectivity index (χ0v) is 11.0. The second-order valence-electron chi connectivity index (χ2n) is 4.43. The van der Waals surface area contributed by atoms with Crippen LogP contribution in [0.4, 0.5) is 5.69 Å². The van der Waals surface area contributed by atoms with Crippen LogP contribution in [0.25, 0.3) is 0 Å². The average Bonchev–Trinajstić information content (AvgIpc) is 2.47. The van der Waals surface area contributed by atoms with Crippen LogP contribution in [0.5, 0.6) is 0 Å². The quantitative estimate of drug-likeness (QED) is 0.881. The molecule has 19 heavy (non-hydrogen) atoms. The van der Waals surface area contributed by atoms with Crippen molar-refractivity contribution < 1.29 is 4.79 Å². The number of benzene rings is 2. The van der Waals surface area contributed by atoms with Crippen molar-refractivity contribution in [3.63, 3.8) is 0 Å². The molecule has 0 heterocycles. The van der Waals surface area contributed by atoms with Gasteiger partial charge >= 0.3 is 0 Å². The fourth-order valence-electron chi connectivity index (χ4n) is 1.90. The minimum Gasteiger partial charge on any atom is -0.324 e. The van der Waals surface area contributed by atoms with Gasteiger partial charge in [-0.15, -0.1) is 0 Å². The molecule has 0 spiro atoms. The van der Waals surface area contributed by atoms with Crippen molar-refractivity contribution >= 4 is 11.6 Å². The second kappa shape index (κ2) is 6.16. The summed E-state index contributed by atoms with van der Waals surface area (Å²) < 4.78 is 0. The van der Waals surface area contributed by atoms with Gasteiger partial charge in [0.15, 0.2) is 0 Å². The van der Waals surface area contributed by atoms with E-state index in [2.05, 4.69) is 12.2 Å². The highest BCUT2D eigenvalue weighted by molar-refractivity contribution is 5.95. The maximum Gasteiger partial charge on any atom is 0.245 e. The summed E-state index contributed by atoms with van der Waals surface area (Å²) in [6, 6.07) is 16.5. The molecule has 0 radical (unpaired) electrons. The van der Waals surface area contributed by atoms with Crippen molar-refractivity contribution in [1.29, 1.82) is 0 Å². The monoisotopic (exact) mass is 254 g/mol. The molecule has 2 aromatic rings. The number of nitrogens with two attached hydrogens (primary N) is 1. The number of anilines is 1. The molecule has 2 aromatic carbocycles. The van der Waals surface area contributed by atoms with E-state index in [0.29, 0.717) is 0 Å². The largest absolute Gasteiger partial charge is 0.324 e. The Morgan fingerprint density at radius 3 is 2.58 bits per heavy atom. The number of aryl methyl sites for hydroxylation is 1. The number of amides is 1. The maximum atomic E-state index is 12.1. The normalized spacial score (nSPS) is 11.9. The summed E-state index contributed by atoms with van der Waals surface area (Å²) >= 11 is 0. The molecule has 0 bridgehead atoms. The number of hydrogen-bond acceptors (Lipinski definition) is 2. The van der Waals surface area contributed by atoms with Gasteiger partial charge < -0.3 is 11.1 Å². The standard InChI is InChI=1S/C16H18N2O/c1-2-12-7-6-10-14(11-12)18-16(19)15(17)13-8-4-3-5-9-13/h3-11,15H,2,17H2,1H3,(H,18,19)/t15-/m0/s1. The molecule has 1 atom stereocenters. The highest BCUT2D eigenvalue weighted by Crippen LogP contribution is 2.15. The van der Waals surface area contributed by atoms with Crippen LogP contribution in [0.2, 0.25) is 0 Å². The van der Waals surface area contributed by atoms with E-state index in [1.54, 1.807) is 0 Å². The molecular formula is C16H18N2O. The molecule has 0 saturated heterocycles. The Kier molecular flexibility index (Phi) is 4.31. The van der Waals surface area contributed by atoms with Gasteiger partial charge in [-0.3, -0.25) is 4.79 Å². The van der Waals surface area contributed by atoms with Gasteiger partial charge in [-0.1, -0.05) is 49.4 Å². The van der Waals surface area contributed by atoms with Gasteiger partial charge in [0, 0.05) is 5.69 Å². The Morgan fingerprint density at radius 1 is 1.16 bits per heavy atom. The van der Waals surface area contributed by atoms with E-state index in [4.69, 9.17) is 5.73 Å². The summed E-state index contributed by atoms with van der Waals surface area (Å²) in [6.07, 6.45) is 0.939. The summed E-state index contributed by atoms with van der Waals surface area (Å²) in [5, 5.41) is 2.85.